The van der Waals surface area contributed by atoms with E-state index in [1.165, 1.54) is 37.7 Å². The van der Waals surface area contributed by atoms with Crippen molar-refractivity contribution in [2.24, 2.45) is 5.92 Å². The maximum atomic E-state index is 6.00. The van der Waals surface area contributed by atoms with Crippen molar-refractivity contribution in [2.75, 3.05) is 13.7 Å². The van der Waals surface area contributed by atoms with Crippen LogP contribution in [0.25, 0.3) is 0 Å². The van der Waals surface area contributed by atoms with E-state index in [9.17, 15) is 0 Å². The molecule has 1 N–H and O–H groups in total. The number of nitrogens with one attached hydrogen (secondary N) is 1. The molecule has 3 nitrogen and oxygen atoms in total. The van der Waals surface area contributed by atoms with Crippen molar-refractivity contribution in [3.63, 3.8) is 0 Å². The Morgan fingerprint density at radius 1 is 1.19 bits per heavy atom. The molecule has 3 heteroatoms. The first kappa shape index (κ1) is 16.2. The Kier molecular flexibility index (Phi) is 6.37. The molecule has 2 rings (SSSR count). The highest BCUT2D eigenvalue weighted by Gasteiger charge is 2.15. The second kappa shape index (κ2) is 8.28. The molecule has 0 saturated heterocycles. The van der Waals surface area contributed by atoms with Crippen LogP contribution in [-0.4, -0.2) is 19.8 Å². The molecule has 1 aromatic rings. The van der Waals surface area contributed by atoms with Crippen LogP contribution in [0.4, 0.5) is 0 Å². The van der Waals surface area contributed by atoms with E-state index in [2.05, 4.69) is 25.2 Å². The number of methoxy groups -OCH3 is 1. The van der Waals surface area contributed by atoms with E-state index in [-0.39, 0.29) is 0 Å². The van der Waals surface area contributed by atoms with Crippen LogP contribution in [0.2, 0.25) is 0 Å². The maximum Gasteiger partial charge on any atom is 0.165 e. The van der Waals surface area contributed by atoms with Crippen molar-refractivity contribution in [1.29, 1.82) is 0 Å². The minimum Gasteiger partial charge on any atom is -0.493 e. The van der Waals surface area contributed by atoms with E-state index in [0.717, 1.165) is 24.7 Å². The summed E-state index contributed by atoms with van der Waals surface area (Å²) in [5, 5.41) is 3.68. The third-order valence-corrected chi connectivity index (χ3v) is 4.03. The highest BCUT2D eigenvalue weighted by atomic mass is 16.5. The Labute approximate surface area is 129 Å². The van der Waals surface area contributed by atoms with Crippen molar-refractivity contribution in [1.82, 2.24) is 5.32 Å². The van der Waals surface area contributed by atoms with Gasteiger partial charge in [-0.25, -0.2) is 0 Å². The zero-order chi connectivity index (χ0) is 15.1. The Balaban J connectivity index is 2.02. The van der Waals surface area contributed by atoms with Gasteiger partial charge in [-0.2, -0.15) is 0 Å². The van der Waals surface area contributed by atoms with Crippen LogP contribution < -0.4 is 14.8 Å². The third-order valence-electron chi connectivity index (χ3n) is 4.03. The quantitative estimate of drug-likeness (QED) is 0.818. The molecule has 0 unspecified atom stereocenters. The molecule has 0 aromatic heterocycles. The molecule has 1 aliphatic rings. The van der Waals surface area contributed by atoms with Crippen LogP contribution in [0.15, 0.2) is 18.2 Å². The first-order chi connectivity index (χ1) is 10.2. The van der Waals surface area contributed by atoms with Gasteiger partial charge in [-0.3, -0.25) is 0 Å². The Bertz CT molecular complexity index is 425. The number of para-hydroxylation sites is 1. The Morgan fingerprint density at radius 3 is 2.62 bits per heavy atom. The highest BCUT2D eigenvalue weighted by Crippen LogP contribution is 2.31. The lowest BCUT2D eigenvalue weighted by Gasteiger charge is -2.24. The van der Waals surface area contributed by atoms with Gasteiger partial charge in [-0.1, -0.05) is 45.2 Å². The standard InChI is InChI=1S/C18H29NO2/c1-14(2)13-21-18-15(8-7-11-17(18)20-3)12-19-16-9-5-4-6-10-16/h7-8,11,14,16,19H,4-6,9-10,12-13H2,1-3H3. The predicted octanol–water partition coefficient (Wildman–Crippen LogP) is 4.15. The SMILES string of the molecule is COc1cccc(CNC2CCCCC2)c1OCC(C)C. The fourth-order valence-corrected chi connectivity index (χ4v) is 2.84. The van der Waals surface area contributed by atoms with E-state index >= 15 is 0 Å². The highest BCUT2D eigenvalue weighted by molar-refractivity contribution is 5.46. The zero-order valence-electron chi connectivity index (χ0n) is 13.7. The average Bonchev–Trinajstić information content (AvgIpc) is 2.51. The lowest BCUT2D eigenvalue weighted by molar-refractivity contribution is 0.253. The van der Waals surface area contributed by atoms with Gasteiger partial charge in [0.2, 0.25) is 0 Å². The molecule has 0 amide bonds. The van der Waals surface area contributed by atoms with E-state index in [4.69, 9.17) is 9.47 Å². The van der Waals surface area contributed by atoms with Gasteiger partial charge < -0.3 is 14.8 Å². The van der Waals surface area contributed by atoms with Crippen molar-refractivity contribution in [2.45, 2.75) is 58.5 Å². The average molecular weight is 291 g/mol. The Hall–Kier alpha value is -1.22. The number of ether oxygens (including phenoxy) is 2. The molecule has 1 aliphatic carbocycles. The van der Waals surface area contributed by atoms with Crippen molar-refractivity contribution in [3.05, 3.63) is 23.8 Å². The molecule has 0 aliphatic heterocycles. The third kappa shape index (κ3) is 4.92. The molecule has 0 spiro atoms. The predicted molar refractivity (Wildman–Crippen MR) is 87.0 cm³/mol. The van der Waals surface area contributed by atoms with Gasteiger partial charge in [0.05, 0.1) is 13.7 Å². The topological polar surface area (TPSA) is 30.5 Å². The minimum atomic E-state index is 0.508. The molecule has 0 bridgehead atoms. The second-order valence-electron chi connectivity index (χ2n) is 6.37. The minimum absolute atomic E-state index is 0.508. The van der Waals surface area contributed by atoms with Gasteiger partial charge in [0.1, 0.15) is 0 Å². The maximum absolute atomic E-state index is 6.00. The van der Waals surface area contributed by atoms with Gasteiger partial charge in [0.25, 0.3) is 0 Å². The zero-order valence-corrected chi connectivity index (χ0v) is 13.7. The first-order valence-electron chi connectivity index (χ1n) is 8.22. The summed E-state index contributed by atoms with van der Waals surface area (Å²) in [4.78, 5) is 0. The monoisotopic (exact) mass is 291 g/mol. The van der Waals surface area contributed by atoms with Crippen molar-refractivity contribution < 1.29 is 9.47 Å². The molecule has 118 valence electrons. The van der Waals surface area contributed by atoms with E-state index in [1.807, 2.05) is 12.1 Å². The molecular weight excluding hydrogens is 262 g/mol. The molecule has 0 heterocycles. The second-order valence-corrected chi connectivity index (χ2v) is 6.37. The molecule has 1 fully saturated rings. The molecule has 0 radical (unpaired) electrons. The molecule has 1 saturated carbocycles. The summed E-state index contributed by atoms with van der Waals surface area (Å²) in [6, 6.07) is 6.80. The summed E-state index contributed by atoms with van der Waals surface area (Å²) < 4.78 is 11.5. The number of rotatable bonds is 7. The van der Waals surface area contributed by atoms with Crippen LogP contribution in [-0.2, 0) is 6.54 Å². The lowest BCUT2D eigenvalue weighted by Crippen LogP contribution is -2.30. The number of benzene rings is 1. The summed E-state index contributed by atoms with van der Waals surface area (Å²) in [6.07, 6.45) is 6.69. The Morgan fingerprint density at radius 2 is 1.95 bits per heavy atom. The smallest absolute Gasteiger partial charge is 0.165 e. The summed E-state index contributed by atoms with van der Waals surface area (Å²) in [7, 11) is 1.70. The van der Waals surface area contributed by atoms with Gasteiger partial charge in [-0.05, 0) is 24.8 Å². The van der Waals surface area contributed by atoms with Crippen LogP contribution in [0.1, 0.15) is 51.5 Å². The van der Waals surface area contributed by atoms with Crippen LogP contribution in [0, 0.1) is 5.92 Å². The normalized spacial score (nSPS) is 16.2. The molecule has 1 aromatic carbocycles. The largest absolute Gasteiger partial charge is 0.493 e. The lowest BCUT2D eigenvalue weighted by atomic mass is 9.95. The van der Waals surface area contributed by atoms with Crippen molar-refractivity contribution >= 4 is 0 Å². The van der Waals surface area contributed by atoms with Gasteiger partial charge in [-0.15, -0.1) is 0 Å². The van der Waals surface area contributed by atoms with Crippen molar-refractivity contribution in [3.8, 4) is 11.5 Å². The number of hydrogen-bond donors (Lipinski definition) is 1. The van der Waals surface area contributed by atoms with Crippen LogP contribution >= 0.6 is 0 Å². The van der Waals surface area contributed by atoms with E-state index < -0.39 is 0 Å². The van der Waals surface area contributed by atoms with E-state index in [0.29, 0.717) is 12.0 Å². The van der Waals surface area contributed by atoms with Gasteiger partial charge in [0.15, 0.2) is 11.5 Å². The molecular formula is C18H29NO2. The summed E-state index contributed by atoms with van der Waals surface area (Å²) in [6.45, 7) is 5.90. The van der Waals surface area contributed by atoms with Crippen LogP contribution in [0.5, 0.6) is 11.5 Å². The fourth-order valence-electron chi connectivity index (χ4n) is 2.84. The van der Waals surface area contributed by atoms with E-state index in [1.54, 1.807) is 7.11 Å². The fraction of sp³-hybridized carbons (Fsp3) is 0.667. The van der Waals surface area contributed by atoms with Gasteiger partial charge in [0, 0.05) is 18.2 Å². The summed E-state index contributed by atoms with van der Waals surface area (Å²) in [5.41, 5.74) is 1.19. The summed E-state index contributed by atoms with van der Waals surface area (Å²) >= 11 is 0. The van der Waals surface area contributed by atoms with Gasteiger partial charge >= 0.3 is 0 Å². The summed E-state index contributed by atoms with van der Waals surface area (Å²) in [5.74, 6) is 2.24. The number of hydrogen-bond acceptors (Lipinski definition) is 3. The molecule has 0 atom stereocenters. The molecule has 21 heavy (non-hydrogen) atoms. The first-order valence-corrected chi connectivity index (χ1v) is 8.22. The van der Waals surface area contributed by atoms with Crippen LogP contribution in [0.3, 0.4) is 0 Å².